The molecular formula is C23H22ClF2N5O5. The molecule has 0 unspecified atom stereocenters. The van der Waals surface area contributed by atoms with Crippen LogP contribution in [0.3, 0.4) is 0 Å². The predicted octanol–water partition coefficient (Wildman–Crippen LogP) is 2.36. The van der Waals surface area contributed by atoms with Gasteiger partial charge in [-0.3, -0.25) is 9.59 Å². The van der Waals surface area contributed by atoms with Gasteiger partial charge < -0.3 is 20.1 Å². The first-order valence-electron chi connectivity index (χ1n) is 10.9. The molecule has 4 atom stereocenters. The zero-order valence-corrected chi connectivity index (χ0v) is 19.9. The second kappa shape index (κ2) is 10.2. The number of hydrogen-bond acceptors (Lipinski definition) is 6. The molecule has 1 saturated heterocycles. The van der Waals surface area contributed by atoms with Crippen LogP contribution in [0.5, 0.6) is 0 Å². The summed E-state index contributed by atoms with van der Waals surface area (Å²) in [6.45, 7) is 0.595. The van der Waals surface area contributed by atoms with Crippen molar-refractivity contribution in [1.29, 1.82) is 0 Å². The minimum atomic E-state index is -1.67. The van der Waals surface area contributed by atoms with Crippen LogP contribution in [0.15, 0.2) is 36.5 Å². The fourth-order valence-electron chi connectivity index (χ4n) is 4.33. The van der Waals surface area contributed by atoms with Gasteiger partial charge in [-0.1, -0.05) is 23.7 Å². The number of amides is 2. The van der Waals surface area contributed by atoms with Crippen LogP contribution in [0.2, 0.25) is 5.02 Å². The summed E-state index contributed by atoms with van der Waals surface area (Å²) in [4.78, 5) is 43.1. The number of fused-ring (bicyclic) bond motifs is 1. The molecule has 0 bridgehead atoms. The second-order valence-electron chi connectivity index (χ2n) is 8.27. The zero-order chi connectivity index (χ0) is 26.1. The van der Waals surface area contributed by atoms with Crippen molar-refractivity contribution in [3.05, 3.63) is 58.6 Å². The predicted molar refractivity (Wildman–Crippen MR) is 124 cm³/mol. The Bertz CT molecular complexity index is 1340. The number of hydrogen-bond donors (Lipinski definition) is 2. The molecule has 3 aromatic rings. The molecule has 1 aliphatic heterocycles. The molecule has 0 aliphatic carbocycles. The number of nitrogens with zero attached hydrogens (tertiary/aromatic N) is 4. The summed E-state index contributed by atoms with van der Waals surface area (Å²) in [5.74, 6) is -3.46. The molecule has 36 heavy (non-hydrogen) atoms. The van der Waals surface area contributed by atoms with Gasteiger partial charge in [0.1, 0.15) is 30.7 Å². The minimum Gasteiger partial charge on any atom is -0.476 e. The van der Waals surface area contributed by atoms with Crippen molar-refractivity contribution in [2.75, 3.05) is 13.7 Å². The molecule has 2 N–H and O–H groups in total. The lowest BCUT2D eigenvalue weighted by Gasteiger charge is -2.28. The van der Waals surface area contributed by atoms with E-state index in [4.69, 9.17) is 16.3 Å². The van der Waals surface area contributed by atoms with Gasteiger partial charge in [0.25, 0.3) is 0 Å². The highest BCUT2D eigenvalue weighted by Gasteiger charge is 2.49. The molecule has 4 rings (SSSR count). The highest BCUT2D eigenvalue weighted by molar-refractivity contribution is 6.30. The zero-order valence-electron chi connectivity index (χ0n) is 19.2. The number of methoxy groups -OCH3 is 1. The van der Waals surface area contributed by atoms with Gasteiger partial charge in [-0.15, -0.1) is 0 Å². The van der Waals surface area contributed by atoms with Crippen molar-refractivity contribution in [2.24, 2.45) is 0 Å². The number of aromatic nitrogens is 3. The van der Waals surface area contributed by atoms with E-state index < -0.39 is 61.0 Å². The van der Waals surface area contributed by atoms with E-state index in [2.05, 4.69) is 15.4 Å². The van der Waals surface area contributed by atoms with Gasteiger partial charge in [0.2, 0.25) is 11.8 Å². The molecule has 3 heterocycles. The molecule has 0 saturated carbocycles. The summed E-state index contributed by atoms with van der Waals surface area (Å²) < 4.78 is 35.5. The van der Waals surface area contributed by atoms with Gasteiger partial charge in [-0.25, -0.2) is 23.2 Å². The number of carbonyl (C=O) groups excluding carboxylic acids is 2. The molecule has 1 aliphatic rings. The number of aromatic carboxylic acids is 1. The number of ether oxygens (including phenoxy) is 1. The number of halogens is 3. The quantitative estimate of drug-likeness (QED) is 0.488. The molecule has 2 amide bonds. The maximum absolute atomic E-state index is 14.8. The number of carboxylic acid groups (broad SMARTS) is 1. The van der Waals surface area contributed by atoms with Gasteiger partial charge in [-0.2, -0.15) is 5.10 Å². The number of alkyl halides is 1. The van der Waals surface area contributed by atoms with Crippen LogP contribution < -0.4 is 5.32 Å². The Balaban J connectivity index is 1.59. The summed E-state index contributed by atoms with van der Waals surface area (Å²) in [5.41, 5.74) is -0.0292. The van der Waals surface area contributed by atoms with Crippen LogP contribution in [0.4, 0.5) is 8.78 Å². The van der Waals surface area contributed by atoms with Gasteiger partial charge in [-0.05, 0) is 25.1 Å². The summed E-state index contributed by atoms with van der Waals surface area (Å²) in [5, 5.41) is 16.1. The first kappa shape index (κ1) is 25.5. The Morgan fingerprint density at radius 3 is 2.75 bits per heavy atom. The summed E-state index contributed by atoms with van der Waals surface area (Å²) in [7, 11) is 1.22. The lowest BCUT2D eigenvalue weighted by Crippen LogP contribution is -2.52. The van der Waals surface area contributed by atoms with Crippen molar-refractivity contribution >= 4 is 40.4 Å². The maximum atomic E-state index is 14.8. The number of carboxylic acids is 1. The van der Waals surface area contributed by atoms with Crippen molar-refractivity contribution in [3.63, 3.8) is 0 Å². The Labute approximate surface area is 208 Å². The average molecular weight is 522 g/mol. The van der Waals surface area contributed by atoms with E-state index in [1.807, 2.05) is 0 Å². The number of carbonyl (C=O) groups is 3. The molecule has 2 aromatic heterocycles. The van der Waals surface area contributed by atoms with E-state index in [1.165, 1.54) is 50.6 Å². The van der Waals surface area contributed by atoms with Crippen molar-refractivity contribution in [3.8, 4) is 0 Å². The number of likely N-dealkylation sites (tertiary alicyclic amines) is 1. The molecule has 1 fully saturated rings. The van der Waals surface area contributed by atoms with Gasteiger partial charge in [0, 0.05) is 18.9 Å². The molecule has 10 nitrogen and oxygen atoms in total. The molecular weight excluding hydrogens is 500 g/mol. The second-order valence-corrected chi connectivity index (χ2v) is 8.67. The van der Waals surface area contributed by atoms with Crippen molar-refractivity contribution in [1.82, 2.24) is 25.0 Å². The normalized spacial score (nSPS) is 20.5. The highest BCUT2D eigenvalue weighted by atomic mass is 35.5. The first-order valence-corrected chi connectivity index (χ1v) is 11.3. The van der Waals surface area contributed by atoms with E-state index >= 15 is 0 Å². The monoisotopic (exact) mass is 521 g/mol. The lowest BCUT2D eigenvalue weighted by atomic mass is 10.1. The highest BCUT2D eigenvalue weighted by Crippen LogP contribution is 2.27. The van der Waals surface area contributed by atoms with E-state index in [-0.39, 0.29) is 27.3 Å². The van der Waals surface area contributed by atoms with Gasteiger partial charge in [0.05, 0.1) is 23.0 Å². The van der Waals surface area contributed by atoms with Gasteiger partial charge in [0.15, 0.2) is 11.3 Å². The van der Waals surface area contributed by atoms with Crippen LogP contribution in [-0.4, -0.2) is 74.5 Å². The first-order chi connectivity index (χ1) is 17.1. The number of nitrogens with one attached hydrogen (secondary N) is 1. The third-order valence-electron chi connectivity index (χ3n) is 6.04. The molecule has 1 aromatic carbocycles. The number of pyridine rings is 1. The number of benzene rings is 1. The van der Waals surface area contributed by atoms with Crippen LogP contribution in [0.1, 0.15) is 29.0 Å². The van der Waals surface area contributed by atoms with E-state index in [9.17, 15) is 28.3 Å². The smallest absolute Gasteiger partial charge is 0.357 e. The Morgan fingerprint density at radius 2 is 2.06 bits per heavy atom. The van der Waals surface area contributed by atoms with E-state index in [1.54, 1.807) is 0 Å². The molecule has 0 spiro atoms. The summed E-state index contributed by atoms with van der Waals surface area (Å²) in [6, 6.07) is 5.16. The Hall–Kier alpha value is -3.64. The van der Waals surface area contributed by atoms with Crippen molar-refractivity contribution in [2.45, 2.75) is 37.8 Å². The fourth-order valence-corrected chi connectivity index (χ4v) is 4.51. The van der Waals surface area contributed by atoms with Crippen LogP contribution >= 0.6 is 11.6 Å². The Kier molecular flexibility index (Phi) is 7.18. The van der Waals surface area contributed by atoms with Crippen LogP contribution in [0.25, 0.3) is 11.0 Å². The van der Waals surface area contributed by atoms with Gasteiger partial charge >= 0.3 is 5.97 Å². The fraction of sp³-hybridized carbons (Fsp3) is 0.348. The topological polar surface area (TPSA) is 127 Å². The molecule has 190 valence electrons. The van der Waals surface area contributed by atoms with Crippen LogP contribution in [0, 0.1) is 5.82 Å². The standard InChI is InChI=1S/C23H22ClF2N5O5/c1-11(12-5-3-7-14(24)17(12)26)28-22(33)19-20(36-2)15(25)9-30(19)16(32)10-31-21-13(6-4-8-27-21)18(29-31)23(34)35/h3-8,11,15,19-20H,9-10H2,1-2H3,(H,28,33)(H,34,35)/t11-,15+,19+,20-/m1/s1. The third-order valence-corrected chi connectivity index (χ3v) is 6.33. The largest absolute Gasteiger partial charge is 0.476 e. The van der Waals surface area contributed by atoms with Crippen molar-refractivity contribution < 1.29 is 33.0 Å². The van der Waals surface area contributed by atoms with Crippen LogP contribution in [-0.2, 0) is 20.9 Å². The SMILES string of the molecule is CO[C@H]1[C@@H](C(=O)N[C@H](C)c2cccc(Cl)c2F)N(C(=O)Cn2nc(C(=O)O)c3cccnc32)C[C@@H]1F. The average Bonchev–Trinajstić information content (AvgIpc) is 3.38. The number of rotatable bonds is 7. The molecule has 0 radical (unpaired) electrons. The summed E-state index contributed by atoms with van der Waals surface area (Å²) in [6.07, 6.45) is -1.53. The molecule has 13 heteroatoms. The minimum absolute atomic E-state index is 0.118. The Morgan fingerprint density at radius 1 is 1.31 bits per heavy atom. The van der Waals surface area contributed by atoms with E-state index in [0.29, 0.717) is 0 Å². The lowest BCUT2D eigenvalue weighted by molar-refractivity contribution is -0.142. The third kappa shape index (κ3) is 4.61. The maximum Gasteiger partial charge on any atom is 0.357 e. The van der Waals surface area contributed by atoms with E-state index in [0.717, 1.165) is 9.58 Å². The summed E-state index contributed by atoms with van der Waals surface area (Å²) >= 11 is 5.83.